The molecule has 0 aliphatic heterocycles. The van der Waals surface area contributed by atoms with Crippen LogP contribution in [-0.4, -0.2) is 34.4 Å². The summed E-state index contributed by atoms with van der Waals surface area (Å²) in [5, 5.41) is 21.6. The molecular formula is C15H19N3O3S. The van der Waals surface area contributed by atoms with Crippen LogP contribution in [0, 0.1) is 0 Å². The number of ether oxygens (including phenoxy) is 1. The van der Waals surface area contributed by atoms with Gasteiger partial charge in [0.25, 0.3) is 0 Å². The van der Waals surface area contributed by atoms with Crippen LogP contribution in [0.2, 0.25) is 0 Å². The molecule has 1 atom stereocenters. The highest BCUT2D eigenvalue weighted by molar-refractivity contribution is 7.18. The summed E-state index contributed by atoms with van der Waals surface area (Å²) in [6.45, 7) is 2.03. The van der Waals surface area contributed by atoms with Gasteiger partial charge in [-0.3, -0.25) is 0 Å². The smallest absolute Gasteiger partial charge is 0.326 e. The van der Waals surface area contributed by atoms with E-state index in [9.17, 15) is 9.90 Å². The van der Waals surface area contributed by atoms with E-state index < -0.39 is 12.0 Å². The lowest BCUT2D eigenvalue weighted by atomic mass is 10.1. The molecule has 0 spiro atoms. The number of nitrogens with one attached hydrogen (secondary N) is 1. The summed E-state index contributed by atoms with van der Waals surface area (Å²) in [5.41, 5.74) is 0.923. The number of hydrogen-bond donors (Lipinski definition) is 2. The minimum atomic E-state index is -0.866. The largest absolute Gasteiger partial charge is 0.497 e. The molecule has 0 bridgehead atoms. The van der Waals surface area contributed by atoms with Crippen molar-refractivity contribution in [3.8, 4) is 16.3 Å². The van der Waals surface area contributed by atoms with E-state index in [-0.39, 0.29) is 0 Å². The lowest BCUT2D eigenvalue weighted by Crippen LogP contribution is -2.29. The first-order valence-electron chi connectivity index (χ1n) is 7.11. The Kier molecular flexibility index (Phi) is 5.71. The highest BCUT2D eigenvalue weighted by Gasteiger charge is 2.18. The third kappa shape index (κ3) is 4.17. The second-order valence-corrected chi connectivity index (χ2v) is 5.80. The van der Waals surface area contributed by atoms with Crippen LogP contribution < -0.4 is 10.1 Å². The first-order valence-corrected chi connectivity index (χ1v) is 7.93. The average Bonchev–Trinajstić information content (AvgIpc) is 3.00. The highest BCUT2D eigenvalue weighted by Crippen LogP contribution is 2.28. The second kappa shape index (κ2) is 7.74. The van der Waals surface area contributed by atoms with Crippen LogP contribution in [0.4, 0.5) is 5.13 Å². The van der Waals surface area contributed by atoms with Crippen molar-refractivity contribution in [1.29, 1.82) is 0 Å². The molecular weight excluding hydrogens is 302 g/mol. The number of carbonyl (C=O) groups is 1. The van der Waals surface area contributed by atoms with Crippen LogP contribution in [0.25, 0.3) is 10.6 Å². The Labute approximate surface area is 133 Å². The number of carboxylic acid groups (broad SMARTS) is 1. The number of nitrogens with zero attached hydrogens (tertiary/aromatic N) is 2. The fourth-order valence-corrected chi connectivity index (χ4v) is 2.75. The Morgan fingerprint density at radius 3 is 2.68 bits per heavy atom. The summed E-state index contributed by atoms with van der Waals surface area (Å²) in [6.07, 6.45) is 2.38. The normalized spacial score (nSPS) is 11.9. The van der Waals surface area contributed by atoms with Crippen LogP contribution >= 0.6 is 11.3 Å². The van der Waals surface area contributed by atoms with E-state index in [1.165, 1.54) is 11.3 Å². The van der Waals surface area contributed by atoms with E-state index in [0.717, 1.165) is 29.2 Å². The van der Waals surface area contributed by atoms with Gasteiger partial charge in [0.1, 0.15) is 16.8 Å². The zero-order valence-electron chi connectivity index (χ0n) is 12.6. The van der Waals surface area contributed by atoms with Crippen LogP contribution in [0.3, 0.4) is 0 Å². The number of anilines is 1. The van der Waals surface area contributed by atoms with Gasteiger partial charge in [-0.2, -0.15) is 0 Å². The summed E-state index contributed by atoms with van der Waals surface area (Å²) < 4.78 is 5.12. The maximum absolute atomic E-state index is 11.2. The summed E-state index contributed by atoms with van der Waals surface area (Å²) >= 11 is 1.34. The van der Waals surface area contributed by atoms with Crippen molar-refractivity contribution in [2.45, 2.75) is 32.2 Å². The molecule has 0 amide bonds. The molecule has 0 fully saturated rings. The Balaban J connectivity index is 2.07. The van der Waals surface area contributed by atoms with Crippen molar-refractivity contribution in [1.82, 2.24) is 10.2 Å². The minimum absolute atomic E-state index is 0.523. The molecule has 2 aromatic rings. The fraction of sp³-hybridized carbons (Fsp3) is 0.400. The van der Waals surface area contributed by atoms with Gasteiger partial charge in [-0.05, 0) is 30.7 Å². The zero-order chi connectivity index (χ0) is 15.9. The summed E-state index contributed by atoms with van der Waals surface area (Å²) in [5.74, 6) is -0.0910. The molecule has 6 nitrogen and oxygen atoms in total. The number of carboxylic acids is 1. The number of rotatable bonds is 8. The first kappa shape index (κ1) is 16.2. The number of benzene rings is 1. The summed E-state index contributed by atoms with van der Waals surface area (Å²) in [6, 6.07) is 6.87. The van der Waals surface area contributed by atoms with Crippen LogP contribution in [0.5, 0.6) is 5.75 Å². The zero-order valence-corrected chi connectivity index (χ0v) is 13.4. The molecule has 0 saturated heterocycles. The molecule has 2 rings (SSSR count). The molecule has 0 saturated carbocycles. The van der Waals surface area contributed by atoms with Crippen molar-refractivity contribution in [2.24, 2.45) is 0 Å². The number of unbranched alkanes of at least 4 members (excludes halogenated alkanes) is 1. The van der Waals surface area contributed by atoms with Gasteiger partial charge >= 0.3 is 5.97 Å². The van der Waals surface area contributed by atoms with E-state index in [1.807, 2.05) is 31.2 Å². The lowest BCUT2D eigenvalue weighted by Gasteiger charge is -2.12. The van der Waals surface area contributed by atoms with Crippen molar-refractivity contribution in [3.05, 3.63) is 24.3 Å². The third-order valence-corrected chi connectivity index (χ3v) is 4.11. The Morgan fingerprint density at radius 2 is 2.09 bits per heavy atom. The van der Waals surface area contributed by atoms with Crippen molar-refractivity contribution in [3.63, 3.8) is 0 Å². The second-order valence-electron chi connectivity index (χ2n) is 4.82. The van der Waals surface area contributed by atoms with Crippen LogP contribution in [-0.2, 0) is 4.79 Å². The topological polar surface area (TPSA) is 84.3 Å². The Morgan fingerprint density at radius 1 is 1.36 bits per heavy atom. The lowest BCUT2D eigenvalue weighted by molar-refractivity contribution is -0.138. The maximum atomic E-state index is 11.2. The molecule has 22 heavy (non-hydrogen) atoms. The highest BCUT2D eigenvalue weighted by atomic mass is 32.1. The molecule has 0 aliphatic carbocycles. The van der Waals surface area contributed by atoms with Crippen LogP contribution in [0.15, 0.2) is 24.3 Å². The predicted octanol–water partition coefficient (Wildman–Crippen LogP) is 3.27. The van der Waals surface area contributed by atoms with E-state index in [4.69, 9.17) is 4.74 Å². The monoisotopic (exact) mass is 321 g/mol. The van der Waals surface area contributed by atoms with Gasteiger partial charge in [-0.15, -0.1) is 10.2 Å². The molecule has 1 aromatic heterocycles. The third-order valence-electron chi connectivity index (χ3n) is 3.20. The maximum Gasteiger partial charge on any atom is 0.326 e. The molecule has 1 aromatic carbocycles. The Hall–Kier alpha value is -2.15. The van der Waals surface area contributed by atoms with E-state index >= 15 is 0 Å². The van der Waals surface area contributed by atoms with Crippen molar-refractivity contribution < 1.29 is 14.6 Å². The van der Waals surface area contributed by atoms with Gasteiger partial charge < -0.3 is 15.2 Å². The SMILES string of the molecule is CCCCC(Nc1nnc(-c2ccc(OC)cc2)s1)C(=O)O. The molecule has 1 unspecified atom stereocenters. The number of hydrogen-bond acceptors (Lipinski definition) is 6. The molecule has 7 heteroatoms. The summed E-state index contributed by atoms with van der Waals surface area (Å²) in [7, 11) is 1.62. The van der Waals surface area contributed by atoms with E-state index in [1.54, 1.807) is 7.11 Å². The van der Waals surface area contributed by atoms with Gasteiger partial charge in [0, 0.05) is 5.56 Å². The predicted molar refractivity (Wildman–Crippen MR) is 86.5 cm³/mol. The van der Waals surface area contributed by atoms with Gasteiger partial charge in [0.15, 0.2) is 0 Å². The minimum Gasteiger partial charge on any atom is -0.497 e. The fourth-order valence-electron chi connectivity index (χ4n) is 1.95. The number of aliphatic carboxylic acids is 1. The molecule has 118 valence electrons. The quantitative estimate of drug-likeness (QED) is 0.776. The van der Waals surface area contributed by atoms with Gasteiger partial charge in [-0.25, -0.2) is 4.79 Å². The molecule has 2 N–H and O–H groups in total. The number of methoxy groups -OCH3 is 1. The van der Waals surface area contributed by atoms with E-state index in [2.05, 4.69) is 15.5 Å². The average molecular weight is 321 g/mol. The molecule has 1 heterocycles. The van der Waals surface area contributed by atoms with Crippen molar-refractivity contribution >= 4 is 22.4 Å². The Bertz CT molecular complexity index is 613. The van der Waals surface area contributed by atoms with Crippen molar-refractivity contribution in [2.75, 3.05) is 12.4 Å². The van der Waals surface area contributed by atoms with Gasteiger partial charge in [-0.1, -0.05) is 31.1 Å². The first-order chi connectivity index (χ1) is 10.6. The van der Waals surface area contributed by atoms with Gasteiger partial charge in [0.05, 0.1) is 7.11 Å². The molecule has 0 aliphatic rings. The van der Waals surface area contributed by atoms with Crippen LogP contribution in [0.1, 0.15) is 26.2 Å². The number of aromatic nitrogens is 2. The van der Waals surface area contributed by atoms with Gasteiger partial charge in [0.2, 0.25) is 5.13 Å². The molecule has 0 radical (unpaired) electrons. The summed E-state index contributed by atoms with van der Waals surface area (Å²) in [4.78, 5) is 11.2. The van der Waals surface area contributed by atoms with E-state index in [0.29, 0.717) is 11.6 Å². The standard InChI is InChI=1S/C15H19N3O3S/c1-3-4-5-12(14(19)20)16-15-18-17-13(22-15)10-6-8-11(21-2)9-7-10/h6-9,12H,3-5H2,1-2H3,(H,16,18)(H,19,20).